The van der Waals surface area contributed by atoms with Gasteiger partial charge in [-0.15, -0.1) is 11.6 Å². The highest BCUT2D eigenvalue weighted by molar-refractivity contribution is 9.10. The van der Waals surface area contributed by atoms with Crippen LogP contribution < -0.4 is 4.74 Å². The Morgan fingerprint density at radius 1 is 1.25 bits per heavy atom. The molecule has 5 heteroatoms. The number of rotatable bonds is 2. The van der Waals surface area contributed by atoms with Crippen LogP contribution in [-0.2, 0) is 0 Å². The molecule has 0 aliphatic heterocycles. The van der Waals surface area contributed by atoms with E-state index in [9.17, 15) is 4.39 Å². The predicted octanol–water partition coefficient (Wildman–Crippen LogP) is 5.95. The van der Waals surface area contributed by atoms with E-state index in [1.54, 1.807) is 0 Å². The number of alkyl halides is 1. The average molecular weight is 382 g/mol. The molecule has 0 saturated heterocycles. The fraction of sp³-hybridized carbons (Fsp3) is 0.600. The van der Waals surface area contributed by atoms with Crippen LogP contribution in [0.1, 0.15) is 38.5 Å². The molecule has 0 N–H and O–H groups in total. The molecule has 2 unspecified atom stereocenters. The Kier molecular flexibility index (Phi) is 4.22. The van der Waals surface area contributed by atoms with Crippen LogP contribution in [0.15, 0.2) is 16.6 Å². The van der Waals surface area contributed by atoms with E-state index in [1.165, 1.54) is 31.4 Å². The van der Waals surface area contributed by atoms with Crippen LogP contribution in [0.25, 0.3) is 0 Å². The normalized spacial score (nSPS) is 28.2. The summed E-state index contributed by atoms with van der Waals surface area (Å²) in [6.45, 7) is 0. The third-order valence-electron chi connectivity index (χ3n) is 4.71. The molecule has 0 aromatic heterocycles. The van der Waals surface area contributed by atoms with Gasteiger partial charge in [0.1, 0.15) is 17.7 Å². The van der Waals surface area contributed by atoms with Crippen LogP contribution in [-0.4, -0.2) is 11.5 Å². The Balaban J connectivity index is 1.80. The van der Waals surface area contributed by atoms with Crippen molar-refractivity contribution in [3.8, 4) is 5.75 Å². The van der Waals surface area contributed by atoms with Crippen molar-refractivity contribution in [2.75, 3.05) is 0 Å². The van der Waals surface area contributed by atoms with Gasteiger partial charge >= 0.3 is 0 Å². The summed E-state index contributed by atoms with van der Waals surface area (Å²) in [5.41, 5.74) is 0.0787. The first kappa shape index (κ1) is 14.9. The summed E-state index contributed by atoms with van der Waals surface area (Å²) in [6.07, 6.45) is 6.83. The highest BCUT2D eigenvalue weighted by Gasteiger charge is 2.56. The summed E-state index contributed by atoms with van der Waals surface area (Å²) in [5, 5.41) is 0.282. The van der Waals surface area contributed by atoms with Gasteiger partial charge in [0.25, 0.3) is 0 Å². The van der Waals surface area contributed by atoms with Crippen molar-refractivity contribution < 1.29 is 9.13 Å². The summed E-state index contributed by atoms with van der Waals surface area (Å²) in [5.74, 6) is 0.0646. The second-order valence-electron chi connectivity index (χ2n) is 5.80. The third-order valence-corrected chi connectivity index (χ3v) is 6.24. The zero-order valence-corrected chi connectivity index (χ0v) is 14.1. The van der Waals surface area contributed by atoms with Crippen molar-refractivity contribution in [3.63, 3.8) is 0 Å². The van der Waals surface area contributed by atoms with Crippen LogP contribution in [0.5, 0.6) is 5.75 Å². The summed E-state index contributed by atoms with van der Waals surface area (Å²) in [4.78, 5) is 0. The Morgan fingerprint density at radius 3 is 2.60 bits per heavy atom. The first-order valence-corrected chi connectivity index (χ1v) is 8.59. The van der Waals surface area contributed by atoms with Gasteiger partial charge in [-0.1, -0.05) is 30.9 Å². The maximum atomic E-state index is 13.6. The van der Waals surface area contributed by atoms with Crippen molar-refractivity contribution in [3.05, 3.63) is 27.4 Å². The minimum atomic E-state index is -0.454. The second kappa shape index (κ2) is 5.66. The third kappa shape index (κ3) is 2.46. The molecule has 3 rings (SSSR count). The molecule has 2 saturated carbocycles. The highest BCUT2D eigenvalue weighted by atomic mass is 79.9. The maximum absolute atomic E-state index is 13.6. The molecular formula is C15H16BrCl2FO. The lowest BCUT2D eigenvalue weighted by Gasteiger charge is -2.55. The lowest BCUT2D eigenvalue weighted by atomic mass is 9.58. The molecule has 0 radical (unpaired) electrons. The van der Waals surface area contributed by atoms with E-state index in [4.69, 9.17) is 27.9 Å². The van der Waals surface area contributed by atoms with E-state index in [2.05, 4.69) is 15.9 Å². The predicted molar refractivity (Wildman–Crippen MR) is 83.3 cm³/mol. The van der Waals surface area contributed by atoms with Crippen molar-refractivity contribution in [2.45, 2.75) is 50.0 Å². The van der Waals surface area contributed by atoms with Gasteiger partial charge in [0, 0.05) is 23.3 Å². The number of ether oxygens (including phenoxy) is 1. The Hall–Kier alpha value is 0.01000. The van der Waals surface area contributed by atoms with Crippen molar-refractivity contribution in [1.82, 2.24) is 0 Å². The van der Waals surface area contributed by atoms with Crippen LogP contribution in [0, 0.1) is 11.2 Å². The lowest BCUT2D eigenvalue weighted by Crippen LogP contribution is -2.58. The molecule has 1 aromatic carbocycles. The van der Waals surface area contributed by atoms with Gasteiger partial charge in [-0.05, 0) is 34.8 Å². The monoisotopic (exact) mass is 380 g/mol. The molecule has 2 aliphatic rings. The van der Waals surface area contributed by atoms with Gasteiger partial charge in [0.2, 0.25) is 0 Å². The van der Waals surface area contributed by atoms with Crippen molar-refractivity contribution in [1.29, 1.82) is 0 Å². The molecule has 2 fully saturated rings. The van der Waals surface area contributed by atoms with Crippen LogP contribution >= 0.6 is 39.1 Å². The molecule has 1 spiro atoms. The molecule has 0 bridgehead atoms. The zero-order valence-electron chi connectivity index (χ0n) is 11.0. The first-order valence-electron chi connectivity index (χ1n) is 6.98. The van der Waals surface area contributed by atoms with E-state index in [-0.39, 0.29) is 21.9 Å². The topological polar surface area (TPSA) is 9.23 Å². The van der Waals surface area contributed by atoms with Gasteiger partial charge in [-0.25, -0.2) is 4.39 Å². The highest BCUT2D eigenvalue weighted by Crippen LogP contribution is 2.56. The summed E-state index contributed by atoms with van der Waals surface area (Å²) >= 11 is 15.6. The smallest absolute Gasteiger partial charge is 0.145 e. The lowest BCUT2D eigenvalue weighted by molar-refractivity contribution is -0.0654. The molecule has 2 aliphatic carbocycles. The summed E-state index contributed by atoms with van der Waals surface area (Å²) < 4.78 is 20.3. The number of benzene rings is 1. The van der Waals surface area contributed by atoms with Crippen LogP contribution in [0.4, 0.5) is 4.39 Å². The molecule has 2 atom stereocenters. The molecule has 1 aromatic rings. The second-order valence-corrected chi connectivity index (χ2v) is 7.59. The van der Waals surface area contributed by atoms with E-state index in [0.717, 1.165) is 19.3 Å². The van der Waals surface area contributed by atoms with Gasteiger partial charge in [-0.3, -0.25) is 0 Å². The average Bonchev–Trinajstić information content (AvgIpc) is 2.45. The fourth-order valence-electron chi connectivity index (χ4n) is 3.46. The molecule has 0 heterocycles. The zero-order chi connectivity index (χ0) is 14.3. The summed E-state index contributed by atoms with van der Waals surface area (Å²) in [6, 6.07) is 2.89. The van der Waals surface area contributed by atoms with E-state index in [1.807, 2.05) is 0 Å². The Bertz CT molecular complexity index is 517. The SMILES string of the molecule is Fc1cc(OC2CC(Cl)C23CCCCC3)c(Br)cc1Cl. The molecule has 20 heavy (non-hydrogen) atoms. The Labute approximate surface area is 136 Å². The van der Waals surface area contributed by atoms with E-state index >= 15 is 0 Å². The first-order chi connectivity index (χ1) is 9.53. The molecule has 0 amide bonds. The number of hydrogen-bond acceptors (Lipinski definition) is 1. The van der Waals surface area contributed by atoms with Crippen molar-refractivity contribution >= 4 is 39.1 Å². The summed E-state index contributed by atoms with van der Waals surface area (Å²) in [7, 11) is 0. The minimum Gasteiger partial charge on any atom is -0.488 e. The number of halogens is 4. The largest absolute Gasteiger partial charge is 0.488 e. The van der Waals surface area contributed by atoms with E-state index in [0.29, 0.717) is 10.2 Å². The van der Waals surface area contributed by atoms with Gasteiger partial charge in [0.15, 0.2) is 0 Å². The van der Waals surface area contributed by atoms with E-state index < -0.39 is 5.82 Å². The maximum Gasteiger partial charge on any atom is 0.145 e. The quantitative estimate of drug-likeness (QED) is 0.454. The molecule has 1 nitrogen and oxygen atoms in total. The van der Waals surface area contributed by atoms with Gasteiger partial charge in [-0.2, -0.15) is 0 Å². The van der Waals surface area contributed by atoms with Crippen molar-refractivity contribution in [2.24, 2.45) is 5.41 Å². The number of hydrogen-bond donors (Lipinski definition) is 0. The molecular weight excluding hydrogens is 366 g/mol. The molecule has 110 valence electrons. The van der Waals surface area contributed by atoms with Crippen LogP contribution in [0.3, 0.4) is 0 Å². The standard InChI is InChI=1S/C15H16BrCl2FO/c16-9-6-10(17)11(19)7-12(9)20-14-8-13(18)15(14)4-2-1-3-5-15/h6-7,13-14H,1-5,8H2. The minimum absolute atomic E-state index is 0.0787. The Morgan fingerprint density at radius 2 is 1.95 bits per heavy atom. The fourth-order valence-corrected chi connectivity index (χ4v) is 4.71. The van der Waals surface area contributed by atoms with Gasteiger partial charge in [0.05, 0.1) is 9.50 Å². The van der Waals surface area contributed by atoms with Crippen LogP contribution in [0.2, 0.25) is 5.02 Å². The van der Waals surface area contributed by atoms with Gasteiger partial charge < -0.3 is 4.74 Å².